The van der Waals surface area contributed by atoms with Gasteiger partial charge in [0.15, 0.2) is 5.11 Å². The van der Waals surface area contributed by atoms with Crippen LogP contribution in [0.5, 0.6) is 0 Å². The van der Waals surface area contributed by atoms with E-state index >= 15 is 0 Å². The minimum absolute atomic E-state index is 0.169. The summed E-state index contributed by atoms with van der Waals surface area (Å²) in [7, 11) is 0. The maximum Gasteiger partial charge on any atom is 0.250 e. The lowest BCUT2D eigenvalue weighted by Gasteiger charge is -2.37. The zero-order chi connectivity index (χ0) is 26.4. The third kappa shape index (κ3) is 7.13. The van der Waals surface area contributed by atoms with Gasteiger partial charge in [0.05, 0.1) is 11.4 Å². The van der Waals surface area contributed by atoms with Gasteiger partial charge in [-0.15, -0.1) is 0 Å². The molecule has 1 fully saturated rings. The van der Waals surface area contributed by atoms with Gasteiger partial charge in [0.25, 0.3) is 0 Å². The molecule has 0 unspecified atom stereocenters. The number of thiocarbonyl (C=S) groups is 1. The van der Waals surface area contributed by atoms with E-state index in [2.05, 4.69) is 15.5 Å². The second-order valence-electron chi connectivity index (χ2n) is 8.38. The fourth-order valence-corrected chi connectivity index (χ4v) is 4.77. The first-order chi connectivity index (χ1) is 17.8. The second-order valence-corrected chi connectivity index (χ2v) is 9.66. The maximum atomic E-state index is 12.4. The van der Waals surface area contributed by atoms with Gasteiger partial charge in [-0.1, -0.05) is 42.3 Å². The molecule has 3 aromatic rings. The van der Waals surface area contributed by atoms with Crippen molar-refractivity contribution < 1.29 is 14.0 Å². The van der Waals surface area contributed by atoms with Crippen LogP contribution in [-0.2, 0) is 9.59 Å². The molecule has 2 aromatic carbocycles. The molecule has 0 bridgehead atoms. The van der Waals surface area contributed by atoms with Gasteiger partial charge in [0.1, 0.15) is 11.5 Å². The minimum atomic E-state index is -0.398. The molecule has 0 spiro atoms. The first kappa shape index (κ1) is 26.7. The summed E-state index contributed by atoms with van der Waals surface area (Å²) in [5, 5.41) is 6.96. The van der Waals surface area contributed by atoms with E-state index in [4.69, 9.17) is 39.8 Å². The van der Waals surface area contributed by atoms with E-state index in [1.807, 2.05) is 36.1 Å². The Morgan fingerprint density at radius 3 is 2.43 bits per heavy atom. The molecule has 0 aliphatic carbocycles. The van der Waals surface area contributed by atoms with E-state index < -0.39 is 5.91 Å². The summed E-state index contributed by atoms with van der Waals surface area (Å²) in [6.45, 7) is 4.66. The molecule has 0 atom stereocenters. The number of hydrogen-bond donors (Lipinski definition) is 2. The fourth-order valence-electron chi connectivity index (χ4n) is 4.03. The van der Waals surface area contributed by atoms with E-state index in [1.165, 1.54) is 6.08 Å². The Bertz CT molecular complexity index is 1310. The Morgan fingerprint density at radius 1 is 1.03 bits per heavy atom. The van der Waals surface area contributed by atoms with E-state index in [0.717, 1.165) is 30.0 Å². The van der Waals surface area contributed by atoms with E-state index in [9.17, 15) is 9.59 Å². The van der Waals surface area contributed by atoms with Crippen molar-refractivity contribution in [2.45, 2.75) is 13.3 Å². The quantitative estimate of drug-likeness (QED) is 0.293. The van der Waals surface area contributed by atoms with Crippen LogP contribution < -0.4 is 15.5 Å². The molecule has 2 N–H and O–H groups in total. The highest BCUT2D eigenvalue weighted by Crippen LogP contribution is 2.29. The van der Waals surface area contributed by atoms with Crippen LogP contribution in [0.15, 0.2) is 65.1 Å². The number of rotatable bonds is 6. The summed E-state index contributed by atoms with van der Waals surface area (Å²) in [6, 6.07) is 16.4. The molecule has 0 saturated carbocycles. The number of para-hydroxylation sites is 2. The highest BCUT2D eigenvalue weighted by Gasteiger charge is 2.21. The Kier molecular flexibility index (Phi) is 8.87. The number of piperazine rings is 1. The number of amides is 2. The number of nitrogens with zero attached hydrogens (tertiary/aromatic N) is 2. The van der Waals surface area contributed by atoms with Crippen molar-refractivity contribution in [3.8, 4) is 11.3 Å². The molecular formula is C27H26Cl2N4O3S. The molecule has 4 rings (SSSR count). The average Bonchev–Trinajstić information content (AvgIpc) is 3.36. The topological polar surface area (TPSA) is 77.8 Å². The van der Waals surface area contributed by atoms with Gasteiger partial charge in [0.2, 0.25) is 11.8 Å². The lowest BCUT2D eigenvalue weighted by atomic mass is 10.2. The Morgan fingerprint density at radius 2 is 1.73 bits per heavy atom. The molecule has 2 heterocycles. The Hall–Kier alpha value is -3.33. The summed E-state index contributed by atoms with van der Waals surface area (Å²) in [4.78, 5) is 28.5. The zero-order valence-corrected chi connectivity index (χ0v) is 22.5. The lowest BCUT2D eigenvalue weighted by Crippen LogP contribution is -2.48. The summed E-state index contributed by atoms with van der Waals surface area (Å²) in [5.74, 6) is 0.845. The van der Waals surface area contributed by atoms with E-state index in [-0.39, 0.29) is 11.0 Å². The summed E-state index contributed by atoms with van der Waals surface area (Å²) in [6.07, 6.45) is 3.41. The standard InChI is InChI=1S/C27H26Cl2N4O3S/c1-2-26(35)33-13-11-32(12-14-33)23-6-4-3-5-22(23)30-27(37)31-25(34)10-8-21-7-9-24(36-21)18-15-19(28)17-20(29)16-18/h3-10,15-17H,2,11-14H2,1H3,(H2,30,31,34,37)/b10-8+. The number of nitrogens with one attached hydrogen (secondary N) is 2. The molecule has 1 saturated heterocycles. The third-order valence-corrected chi connectivity index (χ3v) is 6.48. The highest BCUT2D eigenvalue weighted by atomic mass is 35.5. The van der Waals surface area contributed by atoms with E-state index in [0.29, 0.717) is 41.1 Å². The molecule has 192 valence electrons. The molecule has 7 nitrogen and oxygen atoms in total. The van der Waals surface area contributed by atoms with Crippen molar-refractivity contribution in [2.75, 3.05) is 36.4 Å². The zero-order valence-electron chi connectivity index (χ0n) is 20.2. The number of halogens is 2. The van der Waals surface area contributed by atoms with Gasteiger partial charge in [-0.3, -0.25) is 14.9 Å². The molecule has 10 heteroatoms. The SMILES string of the molecule is CCC(=O)N1CCN(c2ccccc2NC(=S)NC(=O)/C=C/c2ccc(-c3cc(Cl)cc(Cl)c3)o2)CC1. The van der Waals surface area contributed by atoms with Crippen LogP contribution in [0.4, 0.5) is 11.4 Å². The molecular weight excluding hydrogens is 531 g/mol. The van der Waals surface area contributed by atoms with Crippen molar-refractivity contribution >= 4 is 69.8 Å². The summed E-state index contributed by atoms with van der Waals surface area (Å²) in [5.41, 5.74) is 2.48. The van der Waals surface area contributed by atoms with Crippen LogP contribution in [0, 0.1) is 0 Å². The smallest absolute Gasteiger partial charge is 0.250 e. The Labute approximate surface area is 231 Å². The predicted molar refractivity (Wildman–Crippen MR) is 153 cm³/mol. The van der Waals surface area contributed by atoms with Gasteiger partial charge >= 0.3 is 0 Å². The molecule has 2 amide bonds. The van der Waals surface area contributed by atoms with Crippen LogP contribution in [0.2, 0.25) is 10.0 Å². The van der Waals surface area contributed by atoms with Crippen LogP contribution >= 0.6 is 35.4 Å². The normalized spacial score (nSPS) is 13.6. The largest absolute Gasteiger partial charge is 0.457 e. The fraction of sp³-hybridized carbons (Fsp3) is 0.222. The van der Waals surface area contributed by atoms with Crippen molar-refractivity contribution in [3.63, 3.8) is 0 Å². The highest BCUT2D eigenvalue weighted by molar-refractivity contribution is 7.80. The van der Waals surface area contributed by atoms with Crippen molar-refractivity contribution in [1.29, 1.82) is 0 Å². The average molecular weight is 558 g/mol. The molecule has 0 radical (unpaired) electrons. The minimum Gasteiger partial charge on any atom is -0.457 e. The first-order valence-electron chi connectivity index (χ1n) is 11.8. The lowest BCUT2D eigenvalue weighted by molar-refractivity contribution is -0.131. The van der Waals surface area contributed by atoms with Crippen LogP contribution in [0.3, 0.4) is 0 Å². The molecule has 37 heavy (non-hydrogen) atoms. The van der Waals surface area contributed by atoms with Gasteiger partial charge in [-0.2, -0.15) is 0 Å². The molecule has 1 aliphatic rings. The summed E-state index contributed by atoms with van der Waals surface area (Å²) < 4.78 is 5.78. The van der Waals surface area contributed by atoms with Crippen LogP contribution in [-0.4, -0.2) is 48.0 Å². The summed E-state index contributed by atoms with van der Waals surface area (Å²) >= 11 is 17.5. The van der Waals surface area contributed by atoms with Gasteiger partial charge in [-0.25, -0.2) is 0 Å². The maximum absolute atomic E-state index is 12.4. The van der Waals surface area contributed by atoms with Gasteiger partial charge < -0.3 is 19.5 Å². The van der Waals surface area contributed by atoms with Gasteiger partial charge in [-0.05, 0) is 60.8 Å². The van der Waals surface area contributed by atoms with Crippen molar-refractivity contribution in [2.24, 2.45) is 0 Å². The number of anilines is 2. The van der Waals surface area contributed by atoms with Gasteiger partial charge in [0, 0.05) is 54.3 Å². The number of carbonyl (C=O) groups excluding carboxylic acids is 2. The number of hydrogen-bond acceptors (Lipinski definition) is 5. The van der Waals surface area contributed by atoms with Crippen LogP contribution in [0.1, 0.15) is 19.1 Å². The number of carbonyl (C=O) groups is 2. The van der Waals surface area contributed by atoms with Crippen molar-refractivity contribution in [3.05, 3.63) is 76.5 Å². The Balaban J connectivity index is 1.33. The van der Waals surface area contributed by atoms with Crippen LogP contribution in [0.25, 0.3) is 17.4 Å². The monoisotopic (exact) mass is 556 g/mol. The second kappa shape index (κ2) is 12.3. The number of benzene rings is 2. The predicted octanol–water partition coefficient (Wildman–Crippen LogP) is 5.84. The molecule has 1 aromatic heterocycles. The molecule has 1 aliphatic heterocycles. The van der Waals surface area contributed by atoms with Crippen molar-refractivity contribution in [1.82, 2.24) is 10.2 Å². The number of furan rings is 1. The third-order valence-electron chi connectivity index (χ3n) is 5.84. The first-order valence-corrected chi connectivity index (χ1v) is 13.0. The van der Waals surface area contributed by atoms with E-state index in [1.54, 1.807) is 36.4 Å².